The summed E-state index contributed by atoms with van der Waals surface area (Å²) in [5.74, 6) is 0. The summed E-state index contributed by atoms with van der Waals surface area (Å²) in [5, 5.41) is 6.85. The molecule has 0 unspecified atom stereocenters. The van der Waals surface area contributed by atoms with E-state index in [0.29, 0.717) is 13.1 Å². The van der Waals surface area contributed by atoms with Crippen LogP contribution in [0.4, 0.5) is 0 Å². The topological polar surface area (TPSA) is 55.4 Å². The molecule has 0 saturated heterocycles. The fourth-order valence-corrected chi connectivity index (χ4v) is 4.77. The van der Waals surface area contributed by atoms with E-state index in [-0.39, 0.29) is 5.56 Å². The van der Waals surface area contributed by atoms with E-state index in [1.54, 1.807) is 10.5 Å². The third kappa shape index (κ3) is 4.00. The van der Waals surface area contributed by atoms with Gasteiger partial charge in [-0.05, 0) is 26.1 Å². The van der Waals surface area contributed by atoms with E-state index in [1.165, 1.54) is 11.3 Å². The van der Waals surface area contributed by atoms with Crippen molar-refractivity contribution < 1.29 is 0 Å². The van der Waals surface area contributed by atoms with Crippen molar-refractivity contribution in [3.8, 4) is 16.9 Å². The molecule has 160 valence electrons. The van der Waals surface area contributed by atoms with Crippen LogP contribution < -0.4 is 5.56 Å². The lowest BCUT2D eigenvalue weighted by Gasteiger charge is -2.16. The molecule has 32 heavy (non-hydrogen) atoms. The second kappa shape index (κ2) is 8.53. The SMILES string of the molecule is Cc1csc2nc(CN(C)Cc3cn(-c4ccccc4)nc3-c3ccccc3)cc(=O)n12. The van der Waals surface area contributed by atoms with Crippen LogP contribution in [0.5, 0.6) is 0 Å². The van der Waals surface area contributed by atoms with E-state index in [4.69, 9.17) is 10.1 Å². The zero-order chi connectivity index (χ0) is 22.1. The second-order valence-electron chi connectivity index (χ2n) is 7.90. The van der Waals surface area contributed by atoms with Crippen molar-refractivity contribution in [2.45, 2.75) is 20.0 Å². The number of benzene rings is 2. The van der Waals surface area contributed by atoms with Gasteiger partial charge in [0.05, 0.1) is 17.1 Å². The third-order valence-electron chi connectivity index (χ3n) is 5.36. The number of hydrogen-bond acceptors (Lipinski definition) is 5. The molecule has 2 aromatic carbocycles. The average Bonchev–Trinajstić information content (AvgIpc) is 3.39. The van der Waals surface area contributed by atoms with E-state index >= 15 is 0 Å². The van der Waals surface area contributed by atoms with Crippen molar-refractivity contribution >= 4 is 16.3 Å². The molecule has 0 fully saturated rings. The van der Waals surface area contributed by atoms with E-state index in [1.807, 2.05) is 72.6 Å². The predicted molar refractivity (Wildman–Crippen MR) is 128 cm³/mol. The molecule has 0 atom stereocenters. The van der Waals surface area contributed by atoms with Crippen LogP contribution in [0.2, 0.25) is 0 Å². The van der Waals surface area contributed by atoms with Gasteiger partial charge in [0.25, 0.3) is 5.56 Å². The smallest absolute Gasteiger partial charge is 0.259 e. The minimum Gasteiger partial charge on any atom is -0.296 e. The Balaban J connectivity index is 1.45. The Hall–Kier alpha value is -3.55. The molecule has 7 heteroatoms. The Kier molecular flexibility index (Phi) is 5.43. The summed E-state index contributed by atoms with van der Waals surface area (Å²) < 4.78 is 3.59. The fraction of sp³-hybridized carbons (Fsp3) is 0.160. The Bertz CT molecular complexity index is 1420. The van der Waals surface area contributed by atoms with Crippen molar-refractivity contribution in [1.29, 1.82) is 0 Å². The van der Waals surface area contributed by atoms with Gasteiger partial charge in [0, 0.05) is 47.6 Å². The lowest BCUT2D eigenvalue weighted by Crippen LogP contribution is -2.21. The molecule has 0 N–H and O–H groups in total. The maximum atomic E-state index is 12.5. The normalized spacial score (nSPS) is 11.5. The van der Waals surface area contributed by atoms with E-state index in [2.05, 4.69) is 23.2 Å². The molecule has 0 saturated carbocycles. The van der Waals surface area contributed by atoms with Gasteiger partial charge in [0.2, 0.25) is 0 Å². The third-order valence-corrected chi connectivity index (χ3v) is 6.30. The van der Waals surface area contributed by atoms with Crippen LogP contribution in [-0.2, 0) is 13.1 Å². The molecule has 0 bridgehead atoms. The highest BCUT2D eigenvalue weighted by atomic mass is 32.1. The quantitative estimate of drug-likeness (QED) is 0.388. The van der Waals surface area contributed by atoms with E-state index < -0.39 is 0 Å². The van der Waals surface area contributed by atoms with E-state index in [9.17, 15) is 4.79 Å². The van der Waals surface area contributed by atoms with Crippen LogP contribution in [0.25, 0.3) is 21.9 Å². The molecule has 0 amide bonds. The van der Waals surface area contributed by atoms with Crippen LogP contribution in [0.3, 0.4) is 0 Å². The number of aryl methyl sites for hydroxylation is 1. The van der Waals surface area contributed by atoms with Crippen LogP contribution in [0, 0.1) is 6.92 Å². The summed E-state index contributed by atoms with van der Waals surface area (Å²) in [7, 11) is 2.04. The molecular formula is C25H23N5OS. The summed E-state index contributed by atoms with van der Waals surface area (Å²) in [4.78, 5) is 20.1. The van der Waals surface area contributed by atoms with E-state index in [0.717, 1.165) is 38.9 Å². The number of hydrogen-bond donors (Lipinski definition) is 0. The van der Waals surface area contributed by atoms with Crippen LogP contribution in [0.1, 0.15) is 17.0 Å². The number of rotatable bonds is 6. The Labute approximate surface area is 190 Å². The highest BCUT2D eigenvalue weighted by Crippen LogP contribution is 2.25. The van der Waals surface area contributed by atoms with Gasteiger partial charge in [-0.15, -0.1) is 11.3 Å². The van der Waals surface area contributed by atoms with Crippen molar-refractivity contribution in [3.63, 3.8) is 0 Å². The van der Waals surface area contributed by atoms with Crippen molar-refractivity contribution in [3.05, 3.63) is 106 Å². The van der Waals surface area contributed by atoms with Crippen LogP contribution >= 0.6 is 11.3 Å². The van der Waals surface area contributed by atoms with Gasteiger partial charge in [-0.2, -0.15) is 5.10 Å². The maximum absolute atomic E-state index is 12.5. The summed E-state index contributed by atoms with van der Waals surface area (Å²) in [6.07, 6.45) is 2.09. The predicted octanol–water partition coefficient (Wildman–Crippen LogP) is 4.55. The summed E-state index contributed by atoms with van der Waals surface area (Å²) in [6.45, 7) is 3.18. The van der Waals surface area contributed by atoms with Gasteiger partial charge in [-0.25, -0.2) is 9.67 Å². The van der Waals surface area contributed by atoms with Gasteiger partial charge in [-0.1, -0.05) is 48.5 Å². The molecule has 0 radical (unpaired) electrons. The summed E-state index contributed by atoms with van der Waals surface area (Å²) >= 11 is 1.49. The standard InChI is InChI=1S/C25H23N5OS/c1-18-17-32-25-26-21(13-23(31)30(18)25)16-28(2)14-20-15-29(22-11-7-4-8-12-22)27-24(20)19-9-5-3-6-10-19/h3-13,15,17H,14,16H2,1-2H3. The monoisotopic (exact) mass is 441 g/mol. The number of nitrogens with zero attached hydrogens (tertiary/aromatic N) is 5. The summed E-state index contributed by atoms with van der Waals surface area (Å²) in [5.41, 5.74) is 5.84. The van der Waals surface area contributed by atoms with Crippen LogP contribution in [-0.4, -0.2) is 31.1 Å². The molecule has 6 nitrogen and oxygen atoms in total. The number of thiazole rings is 1. The Morgan fingerprint density at radius 3 is 2.47 bits per heavy atom. The largest absolute Gasteiger partial charge is 0.296 e. The summed E-state index contributed by atoms with van der Waals surface area (Å²) in [6, 6.07) is 22.0. The molecule has 0 spiro atoms. The van der Waals surface area contributed by atoms with Gasteiger partial charge in [0.15, 0.2) is 4.96 Å². The first kappa shape index (κ1) is 20.4. The first-order chi connectivity index (χ1) is 15.6. The first-order valence-electron chi connectivity index (χ1n) is 10.4. The Morgan fingerprint density at radius 1 is 1.00 bits per heavy atom. The van der Waals surface area contributed by atoms with Gasteiger partial charge >= 0.3 is 0 Å². The van der Waals surface area contributed by atoms with Gasteiger partial charge < -0.3 is 0 Å². The number of fused-ring (bicyclic) bond motifs is 1. The molecule has 3 aromatic heterocycles. The van der Waals surface area contributed by atoms with Crippen molar-refractivity contribution in [2.24, 2.45) is 0 Å². The van der Waals surface area contributed by atoms with Crippen LogP contribution in [0.15, 0.2) is 83.1 Å². The zero-order valence-electron chi connectivity index (χ0n) is 18.0. The Morgan fingerprint density at radius 2 is 1.72 bits per heavy atom. The van der Waals surface area contributed by atoms with Gasteiger partial charge in [-0.3, -0.25) is 14.1 Å². The first-order valence-corrected chi connectivity index (χ1v) is 11.3. The second-order valence-corrected chi connectivity index (χ2v) is 8.74. The number of aromatic nitrogens is 4. The molecule has 0 aliphatic heterocycles. The molecule has 5 rings (SSSR count). The molecule has 3 heterocycles. The maximum Gasteiger partial charge on any atom is 0.259 e. The average molecular weight is 442 g/mol. The highest BCUT2D eigenvalue weighted by molar-refractivity contribution is 7.15. The van der Waals surface area contributed by atoms with Crippen molar-refractivity contribution in [1.82, 2.24) is 24.1 Å². The minimum atomic E-state index is -0.0287. The lowest BCUT2D eigenvalue weighted by atomic mass is 10.1. The highest BCUT2D eigenvalue weighted by Gasteiger charge is 2.15. The number of para-hydroxylation sites is 1. The van der Waals surface area contributed by atoms with Gasteiger partial charge in [0.1, 0.15) is 0 Å². The molecule has 0 aliphatic carbocycles. The lowest BCUT2D eigenvalue weighted by molar-refractivity contribution is 0.315. The molecule has 5 aromatic rings. The van der Waals surface area contributed by atoms with Crippen molar-refractivity contribution in [2.75, 3.05) is 7.05 Å². The zero-order valence-corrected chi connectivity index (χ0v) is 18.8. The molecular weight excluding hydrogens is 418 g/mol. The molecule has 0 aliphatic rings. The minimum absolute atomic E-state index is 0.0287. The fourth-order valence-electron chi connectivity index (χ4n) is 3.88.